The number of aliphatic hydroxyl groups is 1. The van der Waals surface area contributed by atoms with Crippen LogP contribution in [0.2, 0.25) is 0 Å². The third-order valence-electron chi connectivity index (χ3n) is 1.44. The van der Waals surface area contributed by atoms with E-state index in [2.05, 4.69) is 10.3 Å². The second kappa shape index (κ2) is 4.05. The fourth-order valence-corrected chi connectivity index (χ4v) is 0.827. The quantitative estimate of drug-likeness (QED) is 0.616. The van der Waals surface area contributed by atoms with E-state index >= 15 is 0 Å². The predicted molar refractivity (Wildman–Crippen MR) is 39.6 cm³/mol. The third-order valence-corrected chi connectivity index (χ3v) is 1.44. The van der Waals surface area contributed by atoms with Crippen molar-refractivity contribution in [1.29, 1.82) is 0 Å². The van der Waals surface area contributed by atoms with Crippen molar-refractivity contribution in [3.05, 3.63) is 12.4 Å². The average molecular weight is 156 g/mol. The fourth-order valence-electron chi connectivity index (χ4n) is 0.827. The summed E-state index contributed by atoms with van der Waals surface area (Å²) in [6.45, 7) is 0.169. The van der Waals surface area contributed by atoms with Crippen LogP contribution in [0.3, 0.4) is 0 Å². The number of aliphatic hydroxyl groups excluding tert-OH is 1. The molecule has 0 saturated heterocycles. The van der Waals surface area contributed by atoms with Gasteiger partial charge in [-0.15, -0.1) is 5.10 Å². The Kier molecular flexibility index (Phi) is 3.00. The summed E-state index contributed by atoms with van der Waals surface area (Å²) in [5, 5.41) is 15.9. The van der Waals surface area contributed by atoms with Crippen LogP contribution < -0.4 is 5.73 Å². The van der Waals surface area contributed by atoms with Gasteiger partial charge in [-0.05, 0) is 12.8 Å². The molecule has 1 aromatic heterocycles. The normalized spacial score (nSPS) is 13.3. The Balaban J connectivity index is 2.36. The molecule has 1 heterocycles. The Labute approximate surface area is 64.8 Å². The molecule has 11 heavy (non-hydrogen) atoms. The third kappa shape index (κ3) is 2.28. The fraction of sp³-hybridized carbons (Fsp3) is 0.667. The van der Waals surface area contributed by atoms with Crippen molar-refractivity contribution in [2.75, 3.05) is 6.61 Å². The summed E-state index contributed by atoms with van der Waals surface area (Å²) in [5.41, 5.74) is 5.67. The van der Waals surface area contributed by atoms with Gasteiger partial charge in [0.05, 0.1) is 6.20 Å². The van der Waals surface area contributed by atoms with Crippen molar-refractivity contribution in [2.24, 2.45) is 5.73 Å². The highest BCUT2D eigenvalue weighted by molar-refractivity contribution is 4.68. The first-order valence-electron chi connectivity index (χ1n) is 3.57. The highest BCUT2D eigenvalue weighted by Gasteiger charge is 2.03. The number of rotatable bonds is 4. The van der Waals surface area contributed by atoms with Gasteiger partial charge >= 0.3 is 0 Å². The zero-order chi connectivity index (χ0) is 8.10. The molecule has 5 nitrogen and oxygen atoms in total. The second-order valence-corrected chi connectivity index (χ2v) is 2.32. The van der Waals surface area contributed by atoms with Gasteiger partial charge in [-0.1, -0.05) is 5.21 Å². The lowest BCUT2D eigenvalue weighted by Crippen LogP contribution is -2.19. The molecule has 1 unspecified atom stereocenters. The topological polar surface area (TPSA) is 77.0 Å². The van der Waals surface area contributed by atoms with Crippen LogP contribution in [0.4, 0.5) is 0 Å². The summed E-state index contributed by atoms with van der Waals surface area (Å²) in [6.07, 6.45) is 4.55. The Morgan fingerprint density at radius 3 is 3.00 bits per heavy atom. The summed E-state index contributed by atoms with van der Waals surface area (Å²) in [5.74, 6) is 0. The van der Waals surface area contributed by atoms with Gasteiger partial charge in [0.1, 0.15) is 6.17 Å². The van der Waals surface area contributed by atoms with Gasteiger partial charge in [-0.25, -0.2) is 4.68 Å². The second-order valence-electron chi connectivity index (χ2n) is 2.32. The van der Waals surface area contributed by atoms with E-state index in [1.165, 1.54) is 0 Å². The molecule has 0 fully saturated rings. The Bertz CT molecular complexity index is 186. The molecule has 5 heteroatoms. The SMILES string of the molecule is NC(CCCO)n1ccnn1. The zero-order valence-electron chi connectivity index (χ0n) is 6.22. The van der Waals surface area contributed by atoms with E-state index in [0.29, 0.717) is 6.42 Å². The van der Waals surface area contributed by atoms with Crippen LogP contribution in [0, 0.1) is 0 Å². The minimum absolute atomic E-state index is 0.162. The van der Waals surface area contributed by atoms with Gasteiger partial charge in [-0.3, -0.25) is 0 Å². The summed E-state index contributed by atoms with van der Waals surface area (Å²) in [7, 11) is 0. The number of nitrogens with two attached hydrogens (primary N) is 1. The maximum atomic E-state index is 8.51. The molecule has 1 rings (SSSR count). The molecule has 0 amide bonds. The first kappa shape index (κ1) is 8.16. The van der Waals surface area contributed by atoms with Gasteiger partial charge in [0.2, 0.25) is 0 Å². The maximum Gasteiger partial charge on any atom is 0.101 e. The molecule has 0 radical (unpaired) electrons. The van der Waals surface area contributed by atoms with E-state index in [1.807, 2.05) is 0 Å². The van der Waals surface area contributed by atoms with Crippen LogP contribution in [-0.4, -0.2) is 26.7 Å². The van der Waals surface area contributed by atoms with Crippen LogP contribution in [0.1, 0.15) is 19.0 Å². The maximum absolute atomic E-state index is 8.51. The van der Waals surface area contributed by atoms with E-state index in [1.54, 1.807) is 17.1 Å². The van der Waals surface area contributed by atoms with Crippen LogP contribution in [-0.2, 0) is 0 Å². The number of hydrogen-bond donors (Lipinski definition) is 2. The minimum Gasteiger partial charge on any atom is -0.396 e. The Hall–Kier alpha value is -0.940. The molecule has 3 N–H and O–H groups in total. The van der Waals surface area contributed by atoms with Crippen molar-refractivity contribution in [3.63, 3.8) is 0 Å². The first-order chi connectivity index (χ1) is 5.34. The molecule has 1 aromatic rings. The molecule has 0 saturated carbocycles. The zero-order valence-corrected chi connectivity index (χ0v) is 6.22. The average Bonchev–Trinajstić information content (AvgIpc) is 2.52. The standard InChI is InChI=1S/C6H12N4O/c7-6(2-1-5-11)10-4-3-8-9-10/h3-4,6,11H,1-2,5,7H2. The van der Waals surface area contributed by atoms with Crippen LogP contribution in [0.15, 0.2) is 12.4 Å². The summed E-state index contributed by atoms with van der Waals surface area (Å²) < 4.78 is 1.58. The number of aromatic nitrogens is 3. The van der Waals surface area contributed by atoms with Crippen LogP contribution >= 0.6 is 0 Å². The molecule has 0 aromatic carbocycles. The van der Waals surface area contributed by atoms with E-state index in [0.717, 1.165) is 6.42 Å². The first-order valence-corrected chi connectivity index (χ1v) is 3.57. The molecule has 0 spiro atoms. The van der Waals surface area contributed by atoms with Crippen molar-refractivity contribution >= 4 is 0 Å². The molecule has 0 aliphatic heterocycles. The van der Waals surface area contributed by atoms with Gasteiger partial charge in [0.15, 0.2) is 0 Å². The highest BCUT2D eigenvalue weighted by Crippen LogP contribution is 2.03. The van der Waals surface area contributed by atoms with Crippen LogP contribution in [0.5, 0.6) is 0 Å². The minimum atomic E-state index is -0.162. The molecule has 0 aliphatic rings. The molecule has 0 aliphatic carbocycles. The monoisotopic (exact) mass is 156 g/mol. The van der Waals surface area contributed by atoms with Crippen molar-refractivity contribution < 1.29 is 5.11 Å². The van der Waals surface area contributed by atoms with E-state index in [-0.39, 0.29) is 12.8 Å². The Morgan fingerprint density at radius 2 is 2.45 bits per heavy atom. The van der Waals surface area contributed by atoms with Gasteiger partial charge in [0.25, 0.3) is 0 Å². The molecular formula is C6H12N4O. The van der Waals surface area contributed by atoms with Gasteiger partial charge in [-0.2, -0.15) is 0 Å². The largest absolute Gasteiger partial charge is 0.396 e. The van der Waals surface area contributed by atoms with Gasteiger partial charge in [0, 0.05) is 12.8 Å². The predicted octanol–water partition coefficient (Wildman–Crippen LogP) is -0.492. The van der Waals surface area contributed by atoms with E-state index in [4.69, 9.17) is 10.8 Å². The summed E-state index contributed by atoms with van der Waals surface area (Å²) in [4.78, 5) is 0. The summed E-state index contributed by atoms with van der Waals surface area (Å²) >= 11 is 0. The summed E-state index contributed by atoms with van der Waals surface area (Å²) in [6, 6.07) is 0. The lowest BCUT2D eigenvalue weighted by molar-refractivity contribution is 0.268. The smallest absolute Gasteiger partial charge is 0.101 e. The lowest BCUT2D eigenvalue weighted by atomic mass is 10.3. The lowest BCUT2D eigenvalue weighted by Gasteiger charge is -2.08. The van der Waals surface area contributed by atoms with E-state index < -0.39 is 0 Å². The molecule has 0 bridgehead atoms. The molecular weight excluding hydrogens is 144 g/mol. The van der Waals surface area contributed by atoms with Gasteiger partial charge < -0.3 is 10.8 Å². The highest BCUT2D eigenvalue weighted by atomic mass is 16.2. The van der Waals surface area contributed by atoms with Crippen LogP contribution in [0.25, 0.3) is 0 Å². The van der Waals surface area contributed by atoms with Crippen molar-refractivity contribution in [2.45, 2.75) is 19.0 Å². The molecule has 1 atom stereocenters. The number of nitrogens with zero attached hydrogens (tertiary/aromatic N) is 3. The molecule has 62 valence electrons. The van der Waals surface area contributed by atoms with E-state index in [9.17, 15) is 0 Å². The Morgan fingerprint density at radius 1 is 1.64 bits per heavy atom. The number of hydrogen-bond acceptors (Lipinski definition) is 4. The van der Waals surface area contributed by atoms with Crippen molar-refractivity contribution in [3.8, 4) is 0 Å². The van der Waals surface area contributed by atoms with Crippen molar-refractivity contribution in [1.82, 2.24) is 15.0 Å².